The Hall–Kier alpha value is -1.34. The third-order valence-electron chi connectivity index (χ3n) is 2.64. The van der Waals surface area contributed by atoms with Gasteiger partial charge in [0, 0.05) is 17.1 Å². The van der Waals surface area contributed by atoms with Crippen molar-refractivity contribution in [3.05, 3.63) is 34.6 Å². The van der Waals surface area contributed by atoms with Gasteiger partial charge in [-0.1, -0.05) is 34.6 Å². The second-order valence-electron chi connectivity index (χ2n) is 4.30. The van der Waals surface area contributed by atoms with E-state index in [0.717, 1.165) is 23.3 Å². The quantitative estimate of drug-likeness (QED) is 0.571. The maximum atomic E-state index is 13.8. The van der Waals surface area contributed by atoms with Crippen LogP contribution in [0.3, 0.4) is 0 Å². The molecule has 2 aromatic rings. The molecule has 0 radical (unpaired) electrons. The number of thioether (sulfide) groups is 1. The normalized spacial score (nSPS) is 10.5. The van der Waals surface area contributed by atoms with E-state index in [-0.39, 0.29) is 5.82 Å². The first-order valence-electron chi connectivity index (χ1n) is 6.51. The molecule has 0 fully saturated rings. The number of nitrogens with zero attached hydrogens (tertiary/aromatic N) is 2. The summed E-state index contributed by atoms with van der Waals surface area (Å²) in [6.45, 7) is 2.91. The Kier molecular flexibility index (Phi) is 5.81. The Morgan fingerprint density at radius 2 is 2.00 bits per heavy atom. The summed E-state index contributed by atoms with van der Waals surface area (Å²) in [5.74, 6) is 0.963. The van der Waals surface area contributed by atoms with Crippen LogP contribution >= 0.6 is 27.7 Å². The van der Waals surface area contributed by atoms with Gasteiger partial charge in [0.15, 0.2) is 5.16 Å². The fourth-order valence-electron chi connectivity index (χ4n) is 1.66. The van der Waals surface area contributed by atoms with E-state index < -0.39 is 0 Å². The van der Waals surface area contributed by atoms with Crippen LogP contribution in [0.2, 0.25) is 0 Å². The van der Waals surface area contributed by atoms with E-state index in [2.05, 4.69) is 43.5 Å². The fourth-order valence-corrected chi connectivity index (χ4v) is 2.40. The molecule has 1 aromatic carbocycles. The summed E-state index contributed by atoms with van der Waals surface area (Å²) in [5.41, 5.74) is 0.372. The van der Waals surface area contributed by atoms with Gasteiger partial charge in [-0.05, 0) is 30.9 Å². The van der Waals surface area contributed by atoms with Crippen LogP contribution < -0.4 is 10.6 Å². The van der Waals surface area contributed by atoms with Gasteiger partial charge in [-0.25, -0.2) is 14.4 Å². The lowest BCUT2D eigenvalue weighted by Crippen LogP contribution is -2.05. The van der Waals surface area contributed by atoms with Crippen molar-refractivity contribution in [3.8, 4) is 0 Å². The van der Waals surface area contributed by atoms with E-state index in [1.165, 1.54) is 17.8 Å². The second-order valence-corrected chi connectivity index (χ2v) is 5.99. The average molecular weight is 371 g/mol. The van der Waals surface area contributed by atoms with Crippen molar-refractivity contribution < 1.29 is 4.39 Å². The topological polar surface area (TPSA) is 49.8 Å². The van der Waals surface area contributed by atoms with E-state index in [4.69, 9.17) is 0 Å². The van der Waals surface area contributed by atoms with Crippen LogP contribution in [0.15, 0.2) is 33.9 Å². The molecule has 1 heterocycles. The predicted octanol–water partition coefficient (Wildman–Crippen LogP) is 4.67. The molecule has 0 amide bonds. The summed E-state index contributed by atoms with van der Waals surface area (Å²) in [7, 11) is 0. The molecule has 1 aromatic heterocycles. The lowest BCUT2D eigenvalue weighted by molar-refractivity contribution is 0.631. The average Bonchev–Trinajstić information content (AvgIpc) is 2.48. The fraction of sp³-hybridized carbons (Fsp3) is 0.286. The molecule has 2 N–H and O–H groups in total. The molecule has 0 atom stereocenters. The highest BCUT2D eigenvalue weighted by Gasteiger charge is 2.07. The first-order chi connectivity index (χ1) is 10.1. The van der Waals surface area contributed by atoms with Crippen LogP contribution in [0.4, 0.5) is 21.7 Å². The third-order valence-corrected chi connectivity index (χ3v) is 3.68. The Labute approximate surface area is 136 Å². The first kappa shape index (κ1) is 16.0. The molecule has 7 heteroatoms. The number of rotatable bonds is 6. The zero-order valence-electron chi connectivity index (χ0n) is 11.8. The highest BCUT2D eigenvalue weighted by Crippen LogP contribution is 2.25. The number of aromatic nitrogens is 2. The number of halogens is 2. The number of anilines is 3. The lowest BCUT2D eigenvalue weighted by Gasteiger charge is -2.11. The van der Waals surface area contributed by atoms with Crippen molar-refractivity contribution >= 4 is 45.0 Å². The van der Waals surface area contributed by atoms with Crippen LogP contribution in [0.1, 0.15) is 13.3 Å². The van der Waals surface area contributed by atoms with Crippen molar-refractivity contribution in [2.24, 2.45) is 0 Å². The van der Waals surface area contributed by atoms with Gasteiger partial charge in [0.1, 0.15) is 17.5 Å². The Morgan fingerprint density at radius 1 is 1.24 bits per heavy atom. The Balaban J connectivity index is 2.27. The highest BCUT2D eigenvalue weighted by molar-refractivity contribution is 9.10. The standard InChI is InChI=1S/C14H16BrFN4S/c1-3-6-17-12-8-13(20-14(19-12)21-2)18-11-7-9(15)4-5-10(11)16/h4-5,7-8H,3,6H2,1-2H3,(H2,17,18,19,20). The Morgan fingerprint density at radius 3 is 2.71 bits per heavy atom. The minimum Gasteiger partial charge on any atom is -0.370 e. The number of hydrogen-bond donors (Lipinski definition) is 2. The van der Waals surface area contributed by atoms with Crippen molar-refractivity contribution in [3.63, 3.8) is 0 Å². The summed E-state index contributed by atoms with van der Waals surface area (Å²) in [4.78, 5) is 8.71. The molecule has 0 aliphatic heterocycles. The smallest absolute Gasteiger partial charge is 0.191 e. The molecule has 0 saturated carbocycles. The van der Waals surface area contributed by atoms with E-state index in [1.807, 2.05) is 6.26 Å². The van der Waals surface area contributed by atoms with Crippen LogP contribution in [0, 0.1) is 5.82 Å². The summed E-state index contributed by atoms with van der Waals surface area (Å²) < 4.78 is 14.6. The SMILES string of the molecule is CCCNc1cc(Nc2cc(Br)ccc2F)nc(SC)n1. The lowest BCUT2D eigenvalue weighted by atomic mass is 10.3. The van der Waals surface area contributed by atoms with Crippen molar-refractivity contribution in [2.45, 2.75) is 18.5 Å². The van der Waals surface area contributed by atoms with Gasteiger partial charge in [-0.3, -0.25) is 0 Å². The first-order valence-corrected chi connectivity index (χ1v) is 8.53. The zero-order chi connectivity index (χ0) is 15.2. The molecule has 21 heavy (non-hydrogen) atoms. The molecule has 0 spiro atoms. The molecule has 112 valence electrons. The molecule has 0 aliphatic rings. The monoisotopic (exact) mass is 370 g/mol. The van der Waals surface area contributed by atoms with Crippen LogP contribution in [0.25, 0.3) is 0 Å². The molecule has 0 unspecified atom stereocenters. The molecule has 2 rings (SSSR count). The maximum absolute atomic E-state index is 13.8. The summed E-state index contributed by atoms with van der Waals surface area (Å²) in [6.07, 6.45) is 2.91. The second kappa shape index (κ2) is 7.61. The molecular weight excluding hydrogens is 355 g/mol. The molecule has 0 aliphatic carbocycles. The Bertz CT molecular complexity index is 624. The third kappa shape index (κ3) is 4.57. The summed E-state index contributed by atoms with van der Waals surface area (Å²) >= 11 is 4.77. The number of hydrogen-bond acceptors (Lipinski definition) is 5. The van der Waals surface area contributed by atoms with Crippen molar-refractivity contribution in [2.75, 3.05) is 23.4 Å². The number of nitrogens with one attached hydrogen (secondary N) is 2. The minimum atomic E-state index is -0.328. The van der Waals surface area contributed by atoms with Gasteiger partial charge in [-0.2, -0.15) is 0 Å². The molecule has 0 bridgehead atoms. The van der Waals surface area contributed by atoms with Crippen LogP contribution in [0.5, 0.6) is 0 Å². The minimum absolute atomic E-state index is 0.328. The van der Waals surface area contributed by atoms with E-state index >= 15 is 0 Å². The van der Waals surface area contributed by atoms with Crippen molar-refractivity contribution in [1.29, 1.82) is 0 Å². The van der Waals surface area contributed by atoms with Gasteiger partial charge < -0.3 is 10.6 Å². The van der Waals surface area contributed by atoms with Crippen LogP contribution in [-0.4, -0.2) is 22.8 Å². The maximum Gasteiger partial charge on any atom is 0.191 e. The van der Waals surface area contributed by atoms with Crippen molar-refractivity contribution in [1.82, 2.24) is 9.97 Å². The highest BCUT2D eigenvalue weighted by atomic mass is 79.9. The van der Waals surface area contributed by atoms with E-state index in [9.17, 15) is 4.39 Å². The predicted molar refractivity (Wildman–Crippen MR) is 90.0 cm³/mol. The van der Waals surface area contributed by atoms with Gasteiger partial charge in [0.05, 0.1) is 5.69 Å². The molecule has 0 saturated heterocycles. The summed E-state index contributed by atoms with van der Waals surface area (Å²) in [5, 5.41) is 6.84. The zero-order valence-corrected chi connectivity index (χ0v) is 14.2. The van der Waals surface area contributed by atoms with E-state index in [1.54, 1.807) is 18.2 Å². The van der Waals surface area contributed by atoms with Crippen LogP contribution in [-0.2, 0) is 0 Å². The van der Waals surface area contributed by atoms with Gasteiger partial charge in [0.2, 0.25) is 0 Å². The van der Waals surface area contributed by atoms with Gasteiger partial charge in [-0.15, -0.1) is 0 Å². The molecular formula is C14H16BrFN4S. The number of benzene rings is 1. The van der Waals surface area contributed by atoms with Gasteiger partial charge >= 0.3 is 0 Å². The molecule has 4 nitrogen and oxygen atoms in total. The van der Waals surface area contributed by atoms with Gasteiger partial charge in [0.25, 0.3) is 0 Å². The van der Waals surface area contributed by atoms with E-state index in [0.29, 0.717) is 16.7 Å². The summed E-state index contributed by atoms with van der Waals surface area (Å²) in [6, 6.07) is 6.51. The largest absolute Gasteiger partial charge is 0.370 e.